The third-order valence-corrected chi connectivity index (χ3v) is 4.92. The van der Waals surface area contributed by atoms with Crippen LogP contribution in [0.3, 0.4) is 0 Å². The highest BCUT2D eigenvalue weighted by atomic mass is 79.9. The van der Waals surface area contributed by atoms with Crippen molar-refractivity contribution in [3.63, 3.8) is 0 Å². The third kappa shape index (κ3) is 5.94. The molecule has 0 aliphatic rings. The van der Waals surface area contributed by atoms with Crippen molar-refractivity contribution in [3.8, 4) is 0 Å². The lowest BCUT2D eigenvalue weighted by molar-refractivity contribution is -0.132. The molecule has 114 valence electrons. The summed E-state index contributed by atoms with van der Waals surface area (Å²) < 4.78 is 1.11. The minimum Gasteiger partial charge on any atom is -0.338 e. The predicted molar refractivity (Wildman–Crippen MR) is 89.7 cm³/mol. The van der Waals surface area contributed by atoms with E-state index in [4.69, 9.17) is 5.73 Å². The Morgan fingerprint density at radius 1 is 1.45 bits per heavy atom. The number of halogens is 1. The van der Waals surface area contributed by atoms with Crippen LogP contribution in [0.25, 0.3) is 0 Å². The summed E-state index contributed by atoms with van der Waals surface area (Å²) in [5.74, 6) is 1.10. The second-order valence-corrected chi connectivity index (χ2v) is 8.10. The average molecular weight is 361 g/mol. The highest BCUT2D eigenvalue weighted by Crippen LogP contribution is 2.24. The molecule has 1 aromatic heterocycles. The molecule has 1 amide bonds. The van der Waals surface area contributed by atoms with E-state index in [1.54, 1.807) is 11.3 Å². The van der Waals surface area contributed by atoms with Gasteiger partial charge < -0.3 is 10.6 Å². The van der Waals surface area contributed by atoms with Crippen molar-refractivity contribution in [2.75, 3.05) is 13.1 Å². The molecule has 0 fully saturated rings. The van der Waals surface area contributed by atoms with E-state index in [-0.39, 0.29) is 5.91 Å². The first-order valence-electron chi connectivity index (χ1n) is 7.18. The van der Waals surface area contributed by atoms with Crippen LogP contribution in [-0.2, 0) is 11.3 Å². The van der Waals surface area contributed by atoms with Crippen LogP contribution >= 0.6 is 27.3 Å². The van der Waals surface area contributed by atoms with Crippen molar-refractivity contribution in [1.29, 1.82) is 0 Å². The molecule has 0 aliphatic heterocycles. The van der Waals surface area contributed by atoms with E-state index in [1.807, 2.05) is 17.9 Å². The lowest BCUT2D eigenvalue weighted by atomic mass is 9.94. The van der Waals surface area contributed by atoms with E-state index in [0.29, 0.717) is 31.3 Å². The highest BCUT2D eigenvalue weighted by molar-refractivity contribution is 9.11. The van der Waals surface area contributed by atoms with E-state index >= 15 is 0 Å². The number of hydrogen-bond acceptors (Lipinski definition) is 3. The summed E-state index contributed by atoms with van der Waals surface area (Å²) in [5.41, 5.74) is 5.79. The van der Waals surface area contributed by atoms with Crippen LogP contribution in [0.4, 0.5) is 0 Å². The van der Waals surface area contributed by atoms with E-state index in [9.17, 15) is 4.79 Å². The summed E-state index contributed by atoms with van der Waals surface area (Å²) in [5, 5.41) is 0. The maximum Gasteiger partial charge on any atom is 0.223 e. The van der Waals surface area contributed by atoms with E-state index in [2.05, 4.69) is 35.8 Å². The summed E-state index contributed by atoms with van der Waals surface area (Å²) in [6.07, 6.45) is 1.58. The number of thiophene rings is 1. The number of hydrogen-bond donors (Lipinski definition) is 1. The van der Waals surface area contributed by atoms with Gasteiger partial charge in [-0.15, -0.1) is 11.3 Å². The van der Waals surface area contributed by atoms with E-state index in [1.165, 1.54) is 4.88 Å². The number of nitrogens with two attached hydrogens (primary N) is 1. The normalized spacial score (nSPS) is 12.7. The van der Waals surface area contributed by atoms with Crippen molar-refractivity contribution in [1.82, 2.24) is 4.90 Å². The minimum atomic E-state index is 0.216. The standard InChI is InChI=1S/C15H25BrN2OS/c1-4-18(10-13-5-6-14(16)20-13)15(19)8-12(9-17)7-11(2)3/h5-6,11-12H,4,7-10,17H2,1-3H3. The van der Waals surface area contributed by atoms with Crippen LogP contribution in [0.1, 0.15) is 38.5 Å². The molecule has 0 aromatic carbocycles. The summed E-state index contributed by atoms with van der Waals surface area (Å²) in [6.45, 7) is 8.41. The second kappa shape index (κ2) is 8.80. The molecule has 0 saturated carbocycles. The fourth-order valence-corrected chi connectivity index (χ4v) is 3.81. The molecular weight excluding hydrogens is 336 g/mol. The Morgan fingerprint density at radius 2 is 2.15 bits per heavy atom. The van der Waals surface area contributed by atoms with Crippen LogP contribution < -0.4 is 5.73 Å². The number of amides is 1. The average Bonchev–Trinajstić information content (AvgIpc) is 2.79. The van der Waals surface area contributed by atoms with Crippen LogP contribution in [0, 0.1) is 11.8 Å². The fourth-order valence-electron chi connectivity index (χ4n) is 2.31. The maximum atomic E-state index is 12.4. The molecule has 3 nitrogen and oxygen atoms in total. The Kier molecular flexibility index (Phi) is 7.77. The quantitative estimate of drug-likeness (QED) is 0.764. The van der Waals surface area contributed by atoms with Gasteiger partial charge in [0, 0.05) is 17.8 Å². The lowest BCUT2D eigenvalue weighted by Crippen LogP contribution is -2.33. The lowest BCUT2D eigenvalue weighted by Gasteiger charge is -2.24. The van der Waals surface area contributed by atoms with Crippen LogP contribution in [0.5, 0.6) is 0 Å². The van der Waals surface area contributed by atoms with Crippen molar-refractivity contribution < 1.29 is 4.79 Å². The Morgan fingerprint density at radius 3 is 2.60 bits per heavy atom. The van der Waals surface area contributed by atoms with Gasteiger partial charge >= 0.3 is 0 Å². The topological polar surface area (TPSA) is 46.3 Å². The number of carbonyl (C=O) groups excluding carboxylic acids is 1. The highest BCUT2D eigenvalue weighted by Gasteiger charge is 2.19. The molecule has 1 rings (SSSR count). The molecule has 20 heavy (non-hydrogen) atoms. The maximum absolute atomic E-state index is 12.4. The first-order valence-corrected chi connectivity index (χ1v) is 8.79. The SMILES string of the molecule is CCN(Cc1ccc(Br)s1)C(=O)CC(CN)CC(C)C. The van der Waals surface area contributed by atoms with E-state index < -0.39 is 0 Å². The fraction of sp³-hybridized carbons (Fsp3) is 0.667. The molecule has 0 aliphatic carbocycles. The van der Waals surface area contributed by atoms with Crippen LogP contribution in [-0.4, -0.2) is 23.9 Å². The van der Waals surface area contributed by atoms with Gasteiger partial charge in [0.2, 0.25) is 5.91 Å². The number of rotatable bonds is 8. The zero-order valence-electron chi connectivity index (χ0n) is 12.6. The second-order valence-electron chi connectivity index (χ2n) is 5.55. The van der Waals surface area contributed by atoms with Crippen LogP contribution in [0.2, 0.25) is 0 Å². The Bertz CT molecular complexity index is 420. The van der Waals surface area contributed by atoms with Crippen molar-refractivity contribution in [2.24, 2.45) is 17.6 Å². The monoisotopic (exact) mass is 360 g/mol. The molecule has 1 unspecified atom stereocenters. The zero-order valence-corrected chi connectivity index (χ0v) is 15.0. The largest absolute Gasteiger partial charge is 0.338 e. The van der Waals surface area contributed by atoms with Gasteiger partial charge in [-0.05, 0) is 59.8 Å². The molecule has 0 bridgehead atoms. The molecule has 0 radical (unpaired) electrons. The van der Waals surface area contributed by atoms with Gasteiger partial charge in [-0.2, -0.15) is 0 Å². The van der Waals surface area contributed by atoms with Gasteiger partial charge in [0.25, 0.3) is 0 Å². The van der Waals surface area contributed by atoms with Crippen molar-refractivity contribution >= 4 is 33.2 Å². The smallest absolute Gasteiger partial charge is 0.223 e. The molecule has 1 aromatic rings. The number of carbonyl (C=O) groups is 1. The van der Waals surface area contributed by atoms with Crippen molar-refractivity contribution in [3.05, 3.63) is 20.8 Å². The first-order chi connectivity index (χ1) is 9.46. The minimum absolute atomic E-state index is 0.216. The molecular formula is C15H25BrN2OS. The number of nitrogens with zero attached hydrogens (tertiary/aromatic N) is 1. The van der Waals surface area contributed by atoms with Gasteiger partial charge in [0.1, 0.15) is 0 Å². The molecule has 5 heteroatoms. The first kappa shape index (κ1) is 17.7. The van der Waals surface area contributed by atoms with Crippen molar-refractivity contribution in [2.45, 2.75) is 40.2 Å². The molecule has 0 saturated heterocycles. The molecule has 1 atom stereocenters. The summed E-state index contributed by atoms with van der Waals surface area (Å²) in [6, 6.07) is 4.10. The van der Waals surface area contributed by atoms with Gasteiger partial charge in [0.05, 0.1) is 10.3 Å². The Hall–Kier alpha value is -0.390. The summed E-state index contributed by atoms with van der Waals surface area (Å²) >= 11 is 5.14. The van der Waals surface area contributed by atoms with Gasteiger partial charge in [0.15, 0.2) is 0 Å². The molecule has 0 spiro atoms. The zero-order chi connectivity index (χ0) is 15.1. The van der Waals surface area contributed by atoms with Gasteiger partial charge in [-0.1, -0.05) is 13.8 Å². The molecule has 1 heterocycles. The van der Waals surface area contributed by atoms with Gasteiger partial charge in [-0.3, -0.25) is 4.79 Å². The Labute approximate surface area is 134 Å². The summed E-state index contributed by atoms with van der Waals surface area (Å²) in [7, 11) is 0. The Balaban J connectivity index is 2.57. The van der Waals surface area contributed by atoms with E-state index in [0.717, 1.165) is 16.8 Å². The van der Waals surface area contributed by atoms with Crippen LogP contribution in [0.15, 0.2) is 15.9 Å². The predicted octanol–water partition coefficient (Wildman–Crippen LogP) is 3.87. The van der Waals surface area contributed by atoms with Gasteiger partial charge in [-0.25, -0.2) is 0 Å². The summed E-state index contributed by atoms with van der Waals surface area (Å²) in [4.78, 5) is 15.5. The molecule has 2 N–H and O–H groups in total. The third-order valence-electron chi connectivity index (χ3n) is 3.31.